The van der Waals surface area contributed by atoms with Crippen molar-refractivity contribution in [2.24, 2.45) is 11.7 Å². The van der Waals surface area contributed by atoms with Crippen LogP contribution >= 0.6 is 0 Å². The Morgan fingerprint density at radius 3 is 2.82 bits per heavy atom. The minimum absolute atomic E-state index is 0.0458. The van der Waals surface area contributed by atoms with Crippen LogP contribution in [0, 0.1) is 5.92 Å². The summed E-state index contributed by atoms with van der Waals surface area (Å²) in [6.45, 7) is 0.214. The fraction of sp³-hybridized carbons (Fsp3) is 0.917. The second-order valence-electron chi connectivity index (χ2n) is 4.75. The summed E-state index contributed by atoms with van der Waals surface area (Å²) in [4.78, 5) is 12.0. The molecule has 0 bridgehead atoms. The molecule has 0 aromatic carbocycles. The summed E-state index contributed by atoms with van der Waals surface area (Å²) in [5, 5.41) is 11.9. The van der Waals surface area contributed by atoms with Gasteiger partial charge < -0.3 is 20.9 Å². The van der Waals surface area contributed by atoms with Gasteiger partial charge in [0.05, 0.1) is 25.2 Å². The van der Waals surface area contributed by atoms with Crippen LogP contribution in [0.5, 0.6) is 0 Å². The zero-order chi connectivity index (χ0) is 12.7. The molecule has 1 amide bonds. The molecule has 1 aliphatic carbocycles. The Morgan fingerprint density at radius 1 is 1.47 bits per heavy atom. The maximum absolute atomic E-state index is 12.0. The number of nitrogens with two attached hydrogens (primary N) is 1. The van der Waals surface area contributed by atoms with Crippen molar-refractivity contribution in [3.05, 3.63) is 0 Å². The third-order valence-electron chi connectivity index (χ3n) is 3.34. The number of hydrogen-bond donors (Lipinski definition) is 3. The Morgan fingerprint density at radius 2 is 2.18 bits per heavy atom. The molecule has 0 saturated heterocycles. The molecule has 5 heteroatoms. The SMILES string of the molecule is COCC(CO)NC(=O)C1CCCCCC1N. The highest BCUT2D eigenvalue weighted by atomic mass is 16.5. The van der Waals surface area contributed by atoms with Crippen LogP contribution in [0.4, 0.5) is 0 Å². The summed E-state index contributed by atoms with van der Waals surface area (Å²) in [5.41, 5.74) is 6.02. The van der Waals surface area contributed by atoms with E-state index in [0.717, 1.165) is 32.1 Å². The van der Waals surface area contributed by atoms with Crippen LogP contribution < -0.4 is 11.1 Å². The average Bonchev–Trinajstić information content (AvgIpc) is 2.53. The molecule has 1 aliphatic rings. The first-order chi connectivity index (χ1) is 8.19. The molecule has 1 rings (SSSR count). The van der Waals surface area contributed by atoms with Crippen LogP contribution in [-0.4, -0.2) is 43.4 Å². The first kappa shape index (κ1) is 14.4. The topological polar surface area (TPSA) is 84.6 Å². The summed E-state index contributed by atoms with van der Waals surface area (Å²) >= 11 is 0. The van der Waals surface area contributed by atoms with Crippen molar-refractivity contribution in [1.29, 1.82) is 0 Å². The first-order valence-electron chi connectivity index (χ1n) is 6.34. The van der Waals surface area contributed by atoms with Crippen molar-refractivity contribution in [3.8, 4) is 0 Å². The maximum Gasteiger partial charge on any atom is 0.225 e. The number of nitrogens with one attached hydrogen (secondary N) is 1. The molecule has 0 spiro atoms. The molecule has 0 heterocycles. The first-order valence-corrected chi connectivity index (χ1v) is 6.34. The van der Waals surface area contributed by atoms with Gasteiger partial charge in [-0.3, -0.25) is 4.79 Å². The molecular formula is C12H24N2O3. The quantitative estimate of drug-likeness (QED) is 0.595. The maximum atomic E-state index is 12.0. The average molecular weight is 244 g/mol. The summed E-state index contributed by atoms with van der Waals surface area (Å²) in [6.07, 6.45) is 5.07. The molecule has 4 N–H and O–H groups in total. The lowest BCUT2D eigenvalue weighted by Gasteiger charge is -2.23. The van der Waals surface area contributed by atoms with E-state index in [2.05, 4.69) is 5.32 Å². The zero-order valence-corrected chi connectivity index (χ0v) is 10.5. The van der Waals surface area contributed by atoms with E-state index in [1.54, 1.807) is 7.11 Å². The lowest BCUT2D eigenvalue weighted by atomic mass is 9.94. The molecule has 3 atom stereocenters. The predicted molar refractivity (Wildman–Crippen MR) is 65.4 cm³/mol. The fourth-order valence-electron chi connectivity index (χ4n) is 2.31. The van der Waals surface area contributed by atoms with Gasteiger partial charge in [0, 0.05) is 13.2 Å². The minimum Gasteiger partial charge on any atom is -0.394 e. The van der Waals surface area contributed by atoms with Gasteiger partial charge in [0.1, 0.15) is 0 Å². The van der Waals surface area contributed by atoms with Gasteiger partial charge >= 0.3 is 0 Å². The van der Waals surface area contributed by atoms with Gasteiger partial charge in [0.2, 0.25) is 5.91 Å². The molecule has 0 aliphatic heterocycles. The smallest absolute Gasteiger partial charge is 0.225 e. The third kappa shape index (κ3) is 4.61. The van der Waals surface area contributed by atoms with Gasteiger partial charge in [-0.1, -0.05) is 19.3 Å². The number of hydrogen-bond acceptors (Lipinski definition) is 4. The normalized spacial score (nSPS) is 27.2. The number of carbonyl (C=O) groups excluding carboxylic acids is 1. The van der Waals surface area contributed by atoms with Crippen LogP contribution in [0.1, 0.15) is 32.1 Å². The molecule has 5 nitrogen and oxygen atoms in total. The monoisotopic (exact) mass is 244 g/mol. The highest BCUT2D eigenvalue weighted by Gasteiger charge is 2.28. The highest BCUT2D eigenvalue weighted by molar-refractivity contribution is 5.79. The van der Waals surface area contributed by atoms with Gasteiger partial charge in [-0.15, -0.1) is 0 Å². The lowest BCUT2D eigenvalue weighted by molar-refractivity contribution is -0.127. The second-order valence-corrected chi connectivity index (χ2v) is 4.75. The summed E-state index contributed by atoms with van der Waals surface area (Å²) < 4.78 is 4.93. The third-order valence-corrected chi connectivity index (χ3v) is 3.34. The van der Waals surface area contributed by atoms with Crippen LogP contribution in [0.3, 0.4) is 0 Å². The van der Waals surface area contributed by atoms with E-state index in [4.69, 9.17) is 15.6 Å². The Bertz CT molecular complexity index is 236. The summed E-state index contributed by atoms with van der Waals surface area (Å²) in [5.74, 6) is -0.168. The van der Waals surface area contributed by atoms with Crippen molar-refractivity contribution in [2.45, 2.75) is 44.2 Å². The molecule has 100 valence electrons. The number of aliphatic hydroxyl groups excluding tert-OH is 1. The molecule has 1 fully saturated rings. The number of rotatable bonds is 5. The largest absolute Gasteiger partial charge is 0.394 e. The van der Waals surface area contributed by atoms with E-state index in [1.807, 2.05) is 0 Å². The van der Waals surface area contributed by atoms with Crippen LogP contribution in [-0.2, 0) is 9.53 Å². The number of methoxy groups -OCH3 is 1. The van der Waals surface area contributed by atoms with Crippen molar-refractivity contribution >= 4 is 5.91 Å². The highest BCUT2D eigenvalue weighted by Crippen LogP contribution is 2.22. The Labute approximate surface area is 103 Å². The van der Waals surface area contributed by atoms with Crippen LogP contribution in [0.25, 0.3) is 0 Å². The van der Waals surface area contributed by atoms with Crippen molar-refractivity contribution in [1.82, 2.24) is 5.32 Å². The second kappa shape index (κ2) is 7.63. The van der Waals surface area contributed by atoms with Gasteiger partial charge in [0.25, 0.3) is 0 Å². The lowest BCUT2D eigenvalue weighted by Crippen LogP contribution is -2.47. The zero-order valence-electron chi connectivity index (χ0n) is 10.5. The van der Waals surface area contributed by atoms with Crippen molar-refractivity contribution in [3.63, 3.8) is 0 Å². The standard InChI is InChI=1S/C12H24N2O3/c1-17-8-9(7-15)14-12(16)10-5-3-2-4-6-11(10)13/h9-11,15H,2-8,13H2,1H3,(H,14,16). The molecule has 17 heavy (non-hydrogen) atoms. The van der Waals surface area contributed by atoms with E-state index in [9.17, 15) is 4.79 Å². The van der Waals surface area contributed by atoms with Gasteiger partial charge in [-0.05, 0) is 12.8 Å². The minimum atomic E-state index is -0.331. The van der Waals surface area contributed by atoms with E-state index in [0.29, 0.717) is 6.61 Å². The Balaban J connectivity index is 2.48. The number of amides is 1. The molecular weight excluding hydrogens is 220 g/mol. The number of carbonyl (C=O) groups is 1. The summed E-state index contributed by atoms with van der Waals surface area (Å²) in [6, 6.07) is -0.387. The Kier molecular flexibility index (Phi) is 6.47. The van der Waals surface area contributed by atoms with Crippen molar-refractivity contribution < 1.29 is 14.6 Å². The fourth-order valence-corrected chi connectivity index (χ4v) is 2.31. The Hall–Kier alpha value is -0.650. The predicted octanol–water partition coefficient (Wildman–Crippen LogP) is 0.0175. The van der Waals surface area contributed by atoms with E-state index in [1.165, 1.54) is 0 Å². The molecule has 3 unspecified atom stereocenters. The van der Waals surface area contributed by atoms with Gasteiger partial charge in [-0.2, -0.15) is 0 Å². The molecule has 0 aromatic rings. The van der Waals surface area contributed by atoms with E-state index in [-0.39, 0.29) is 30.5 Å². The molecule has 0 radical (unpaired) electrons. The summed E-state index contributed by atoms with van der Waals surface area (Å²) in [7, 11) is 1.55. The number of ether oxygens (including phenoxy) is 1. The van der Waals surface area contributed by atoms with E-state index >= 15 is 0 Å². The molecule has 0 aromatic heterocycles. The van der Waals surface area contributed by atoms with Crippen LogP contribution in [0.2, 0.25) is 0 Å². The molecule has 1 saturated carbocycles. The van der Waals surface area contributed by atoms with Gasteiger partial charge in [-0.25, -0.2) is 0 Å². The van der Waals surface area contributed by atoms with Crippen molar-refractivity contribution in [2.75, 3.05) is 20.3 Å². The van der Waals surface area contributed by atoms with Gasteiger partial charge in [0.15, 0.2) is 0 Å². The number of aliphatic hydroxyl groups is 1. The van der Waals surface area contributed by atoms with Crippen LogP contribution in [0.15, 0.2) is 0 Å². The van der Waals surface area contributed by atoms with E-state index < -0.39 is 0 Å².